The number of imide groups is 1. The lowest BCUT2D eigenvalue weighted by atomic mass is 10.0. The second-order valence-electron chi connectivity index (χ2n) is 7.68. The smallest absolute Gasteiger partial charge is 0.337 e. The molecule has 10 heteroatoms. The number of likely N-dealkylation sites (tertiary alicyclic amines) is 1. The Balaban J connectivity index is 1.57. The van der Waals surface area contributed by atoms with Gasteiger partial charge in [0.25, 0.3) is 5.91 Å². The molecule has 3 heterocycles. The summed E-state index contributed by atoms with van der Waals surface area (Å²) in [5.41, 5.74) is 0.219. The molecular formula is C21H24N2O8. The third-order valence-electron chi connectivity index (χ3n) is 5.96. The molecule has 1 aromatic rings. The average Bonchev–Trinajstić information content (AvgIpc) is 3.36. The lowest BCUT2D eigenvalue weighted by Crippen LogP contribution is -2.51. The van der Waals surface area contributed by atoms with Crippen LogP contribution in [0.25, 0.3) is 0 Å². The number of ether oxygens (including phenoxy) is 4. The highest BCUT2D eigenvalue weighted by atomic mass is 16.7. The van der Waals surface area contributed by atoms with E-state index < -0.39 is 35.6 Å². The van der Waals surface area contributed by atoms with Crippen LogP contribution >= 0.6 is 0 Å². The number of carbonyl (C=O) groups excluding carboxylic acids is 4. The van der Waals surface area contributed by atoms with Gasteiger partial charge in [0.05, 0.1) is 56.7 Å². The number of benzene rings is 1. The fourth-order valence-corrected chi connectivity index (χ4v) is 4.35. The number of amides is 2. The Labute approximate surface area is 179 Å². The predicted octanol–water partition coefficient (Wildman–Crippen LogP) is 0.731. The first kappa shape index (κ1) is 21.4. The zero-order valence-electron chi connectivity index (χ0n) is 17.4. The summed E-state index contributed by atoms with van der Waals surface area (Å²) in [5, 5.41) is 0. The van der Waals surface area contributed by atoms with Crippen LogP contribution in [0.4, 0.5) is 5.69 Å². The summed E-state index contributed by atoms with van der Waals surface area (Å²) in [7, 11) is 2.41. The van der Waals surface area contributed by atoms with Gasteiger partial charge in [-0.25, -0.2) is 14.5 Å². The summed E-state index contributed by atoms with van der Waals surface area (Å²) >= 11 is 0. The molecule has 3 fully saturated rings. The molecule has 1 spiro atoms. The van der Waals surface area contributed by atoms with Gasteiger partial charge in [0.1, 0.15) is 0 Å². The standard InChI is InChI=1S/C21H24N2O8/c1-28-19(26)13-9-14(20(27)29-2)11-15(10-13)23-17(24)12-16(18(23)25)22-5-3-21(4-6-22)30-7-8-31-21/h9-11,16H,3-8,12H2,1-2H3/t16-/m0/s1. The molecule has 1 aromatic carbocycles. The molecule has 31 heavy (non-hydrogen) atoms. The van der Waals surface area contributed by atoms with Crippen LogP contribution in [0.3, 0.4) is 0 Å². The second kappa shape index (κ2) is 8.37. The highest BCUT2D eigenvalue weighted by Crippen LogP contribution is 2.35. The molecular weight excluding hydrogens is 408 g/mol. The molecule has 0 unspecified atom stereocenters. The maximum Gasteiger partial charge on any atom is 0.337 e. The van der Waals surface area contributed by atoms with Gasteiger partial charge in [-0.05, 0) is 18.2 Å². The van der Waals surface area contributed by atoms with Gasteiger partial charge in [-0.15, -0.1) is 0 Å². The van der Waals surface area contributed by atoms with Gasteiger partial charge in [0, 0.05) is 25.9 Å². The topological polar surface area (TPSA) is 112 Å². The molecule has 3 aliphatic rings. The SMILES string of the molecule is COC(=O)c1cc(C(=O)OC)cc(N2C(=O)C[C@H](N3CCC4(CC3)OCCO4)C2=O)c1. The molecule has 3 aliphatic heterocycles. The van der Waals surface area contributed by atoms with E-state index in [1.54, 1.807) is 0 Å². The zero-order chi connectivity index (χ0) is 22.2. The first-order valence-electron chi connectivity index (χ1n) is 10.1. The fraction of sp³-hybridized carbons (Fsp3) is 0.524. The minimum Gasteiger partial charge on any atom is -0.465 e. The number of esters is 2. The van der Waals surface area contributed by atoms with Crippen molar-refractivity contribution >= 4 is 29.4 Å². The number of rotatable bonds is 4. The lowest BCUT2D eigenvalue weighted by Gasteiger charge is -2.39. The predicted molar refractivity (Wildman–Crippen MR) is 105 cm³/mol. The van der Waals surface area contributed by atoms with Gasteiger partial charge in [-0.3, -0.25) is 14.5 Å². The number of anilines is 1. The lowest BCUT2D eigenvalue weighted by molar-refractivity contribution is -0.188. The maximum absolute atomic E-state index is 13.2. The molecule has 0 N–H and O–H groups in total. The highest BCUT2D eigenvalue weighted by molar-refractivity contribution is 6.23. The van der Waals surface area contributed by atoms with Crippen molar-refractivity contribution < 1.29 is 38.1 Å². The monoisotopic (exact) mass is 432 g/mol. The van der Waals surface area contributed by atoms with E-state index in [1.165, 1.54) is 32.4 Å². The van der Waals surface area contributed by atoms with Crippen molar-refractivity contribution in [2.45, 2.75) is 31.1 Å². The maximum atomic E-state index is 13.2. The first-order valence-corrected chi connectivity index (χ1v) is 10.1. The molecule has 10 nitrogen and oxygen atoms in total. The van der Waals surface area contributed by atoms with E-state index in [9.17, 15) is 19.2 Å². The summed E-state index contributed by atoms with van der Waals surface area (Å²) in [5.74, 6) is -2.76. The summed E-state index contributed by atoms with van der Waals surface area (Å²) in [6.07, 6.45) is 1.26. The van der Waals surface area contributed by atoms with Gasteiger partial charge in [0.2, 0.25) is 5.91 Å². The van der Waals surface area contributed by atoms with Crippen LogP contribution in [0.5, 0.6) is 0 Å². The third kappa shape index (κ3) is 3.93. The van der Waals surface area contributed by atoms with Gasteiger partial charge >= 0.3 is 11.9 Å². The summed E-state index contributed by atoms with van der Waals surface area (Å²) < 4.78 is 20.9. The minimum atomic E-state index is -0.694. The van der Waals surface area contributed by atoms with Gasteiger partial charge < -0.3 is 18.9 Å². The van der Waals surface area contributed by atoms with E-state index in [2.05, 4.69) is 0 Å². The molecule has 2 amide bonds. The molecule has 166 valence electrons. The summed E-state index contributed by atoms with van der Waals surface area (Å²) in [6.45, 7) is 2.25. The molecule has 0 aromatic heterocycles. The molecule has 1 atom stereocenters. The van der Waals surface area contributed by atoms with Crippen molar-refractivity contribution in [3.8, 4) is 0 Å². The van der Waals surface area contributed by atoms with Crippen molar-refractivity contribution in [1.29, 1.82) is 0 Å². The highest BCUT2D eigenvalue weighted by Gasteiger charge is 2.47. The molecule has 3 saturated heterocycles. The molecule has 0 aliphatic carbocycles. The Kier molecular flexibility index (Phi) is 5.78. The Morgan fingerprint density at radius 3 is 2.03 bits per heavy atom. The number of nitrogens with zero attached hydrogens (tertiary/aromatic N) is 2. The van der Waals surface area contributed by atoms with Gasteiger partial charge in [0.15, 0.2) is 5.79 Å². The van der Waals surface area contributed by atoms with E-state index in [0.29, 0.717) is 39.1 Å². The van der Waals surface area contributed by atoms with Crippen LogP contribution in [0.2, 0.25) is 0 Å². The van der Waals surface area contributed by atoms with Crippen LogP contribution in [-0.4, -0.2) is 81.0 Å². The largest absolute Gasteiger partial charge is 0.465 e. The first-order chi connectivity index (χ1) is 14.9. The Morgan fingerprint density at radius 1 is 0.968 bits per heavy atom. The van der Waals surface area contributed by atoms with Crippen LogP contribution < -0.4 is 4.90 Å². The molecule has 0 bridgehead atoms. The number of carbonyl (C=O) groups is 4. The van der Waals surface area contributed by atoms with Crippen molar-refractivity contribution in [3.63, 3.8) is 0 Å². The van der Waals surface area contributed by atoms with E-state index in [4.69, 9.17) is 18.9 Å². The third-order valence-corrected chi connectivity index (χ3v) is 5.96. The Hall–Kier alpha value is -2.82. The number of hydrogen-bond donors (Lipinski definition) is 0. The molecule has 0 saturated carbocycles. The normalized spacial score (nSPS) is 23.4. The van der Waals surface area contributed by atoms with Crippen molar-refractivity contribution in [2.24, 2.45) is 0 Å². The van der Waals surface area contributed by atoms with Gasteiger partial charge in [-0.2, -0.15) is 0 Å². The van der Waals surface area contributed by atoms with Crippen molar-refractivity contribution in [2.75, 3.05) is 45.4 Å². The van der Waals surface area contributed by atoms with Crippen molar-refractivity contribution in [1.82, 2.24) is 4.90 Å². The fourth-order valence-electron chi connectivity index (χ4n) is 4.35. The van der Waals surface area contributed by atoms with Crippen LogP contribution in [-0.2, 0) is 28.5 Å². The van der Waals surface area contributed by atoms with E-state index in [0.717, 1.165) is 4.90 Å². The van der Waals surface area contributed by atoms with E-state index in [-0.39, 0.29) is 23.2 Å². The molecule has 4 rings (SSSR count). The summed E-state index contributed by atoms with van der Waals surface area (Å²) in [6, 6.07) is 3.41. The van der Waals surface area contributed by atoms with E-state index in [1.807, 2.05) is 4.90 Å². The van der Waals surface area contributed by atoms with Crippen LogP contribution in [0, 0.1) is 0 Å². The Morgan fingerprint density at radius 2 is 1.52 bits per heavy atom. The Bertz CT molecular complexity index is 880. The second-order valence-corrected chi connectivity index (χ2v) is 7.68. The summed E-state index contributed by atoms with van der Waals surface area (Å²) in [4.78, 5) is 53.1. The van der Waals surface area contributed by atoms with Crippen LogP contribution in [0.1, 0.15) is 40.0 Å². The molecule has 0 radical (unpaired) electrons. The minimum absolute atomic E-state index is 0.0174. The van der Waals surface area contributed by atoms with Gasteiger partial charge in [-0.1, -0.05) is 0 Å². The van der Waals surface area contributed by atoms with Crippen LogP contribution in [0.15, 0.2) is 18.2 Å². The van der Waals surface area contributed by atoms with Crippen molar-refractivity contribution in [3.05, 3.63) is 29.3 Å². The quantitative estimate of drug-likeness (QED) is 0.502. The van der Waals surface area contributed by atoms with E-state index >= 15 is 0 Å². The average molecular weight is 432 g/mol. The number of methoxy groups -OCH3 is 2. The number of hydrogen-bond acceptors (Lipinski definition) is 9. The number of piperidine rings is 1. The zero-order valence-corrected chi connectivity index (χ0v) is 17.4.